The summed E-state index contributed by atoms with van der Waals surface area (Å²) in [4.78, 5) is 11.6. The van der Waals surface area contributed by atoms with Crippen molar-refractivity contribution in [1.29, 1.82) is 0 Å². The molecule has 0 aromatic heterocycles. The fourth-order valence-corrected chi connectivity index (χ4v) is 1.80. The number of aliphatic hydroxyl groups is 1. The highest BCUT2D eigenvalue weighted by Crippen LogP contribution is 2.11. The van der Waals surface area contributed by atoms with E-state index >= 15 is 0 Å². The lowest BCUT2D eigenvalue weighted by atomic mass is 10.1. The molecule has 5 heteroatoms. The number of aliphatic hydroxyl groups excluding tert-OH is 1. The van der Waals surface area contributed by atoms with Gasteiger partial charge in [-0.2, -0.15) is 0 Å². The minimum absolute atomic E-state index is 0.0501. The number of carbonyl (C=O) groups is 1. The molecule has 0 bridgehead atoms. The summed E-state index contributed by atoms with van der Waals surface area (Å²) in [5, 5.41) is 9.72. The van der Waals surface area contributed by atoms with E-state index in [2.05, 4.69) is 0 Å². The maximum absolute atomic E-state index is 13.0. The number of hydrogen-bond acceptors (Lipinski definition) is 3. The maximum Gasteiger partial charge on any atom is 0.335 e. The van der Waals surface area contributed by atoms with Gasteiger partial charge in [0.15, 0.2) is 17.7 Å². The second kappa shape index (κ2) is 6.95. The molecule has 2 aromatic rings. The number of hydrogen-bond donors (Lipinski definition) is 1. The van der Waals surface area contributed by atoms with Crippen LogP contribution in [-0.2, 0) is 22.6 Å². The molecular formula is C16H14F2O3. The predicted octanol–water partition coefficient (Wildman–Crippen LogP) is 2.61. The predicted molar refractivity (Wildman–Crippen MR) is 72.3 cm³/mol. The van der Waals surface area contributed by atoms with Crippen LogP contribution >= 0.6 is 0 Å². The van der Waals surface area contributed by atoms with Gasteiger partial charge in [0.25, 0.3) is 0 Å². The minimum atomic E-state index is -1.42. The molecule has 0 saturated carbocycles. The van der Waals surface area contributed by atoms with Gasteiger partial charge in [0.1, 0.15) is 6.61 Å². The lowest BCUT2D eigenvalue weighted by Gasteiger charge is -2.11. The highest BCUT2D eigenvalue weighted by Gasteiger charge is 2.18. The molecule has 0 spiro atoms. The van der Waals surface area contributed by atoms with E-state index in [4.69, 9.17) is 4.74 Å². The number of carbonyl (C=O) groups excluding carboxylic acids is 1. The van der Waals surface area contributed by atoms with Gasteiger partial charge < -0.3 is 9.84 Å². The van der Waals surface area contributed by atoms with E-state index < -0.39 is 23.7 Å². The Balaban J connectivity index is 1.88. The molecular weight excluding hydrogens is 278 g/mol. The monoisotopic (exact) mass is 292 g/mol. The van der Waals surface area contributed by atoms with Crippen LogP contribution < -0.4 is 0 Å². The molecule has 0 fully saturated rings. The Labute approximate surface area is 120 Å². The molecule has 21 heavy (non-hydrogen) atoms. The minimum Gasteiger partial charge on any atom is -0.459 e. The summed E-state index contributed by atoms with van der Waals surface area (Å²) < 4.78 is 30.8. The first-order chi connectivity index (χ1) is 10.1. The number of ether oxygens (including phenoxy) is 1. The van der Waals surface area contributed by atoms with Crippen LogP contribution in [0.5, 0.6) is 0 Å². The quantitative estimate of drug-likeness (QED) is 0.862. The molecule has 0 aliphatic rings. The van der Waals surface area contributed by atoms with Gasteiger partial charge in [-0.25, -0.2) is 13.6 Å². The molecule has 0 amide bonds. The summed E-state index contributed by atoms with van der Waals surface area (Å²) >= 11 is 0. The third-order valence-corrected chi connectivity index (χ3v) is 2.91. The van der Waals surface area contributed by atoms with Crippen LogP contribution in [0.15, 0.2) is 48.5 Å². The van der Waals surface area contributed by atoms with Gasteiger partial charge in [0.2, 0.25) is 0 Å². The van der Waals surface area contributed by atoms with Crippen LogP contribution in [-0.4, -0.2) is 17.2 Å². The zero-order chi connectivity index (χ0) is 15.2. The largest absolute Gasteiger partial charge is 0.459 e. The number of benzene rings is 2. The van der Waals surface area contributed by atoms with E-state index in [9.17, 15) is 18.7 Å². The molecule has 1 unspecified atom stereocenters. The standard InChI is InChI=1S/C16H14F2O3/c17-13-7-6-12(8-14(13)18)9-15(19)16(20)21-10-11-4-2-1-3-5-11/h1-8,15,19H,9-10H2. The number of esters is 1. The van der Waals surface area contributed by atoms with Gasteiger partial charge >= 0.3 is 5.97 Å². The van der Waals surface area contributed by atoms with Crippen molar-refractivity contribution in [2.75, 3.05) is 0 Å². The van der Waals surface area contributed by atoms with Gasteiger partial charge in [0.05, 0.1) is 0 Å². The van der Waals surface area contributed by atoms with E-state index in [1.807, 2.05) is 6.07 Å². The summed E-state index contributed by atoms with van der Waals surface area (Å²) in [5.41, 5.74) is 1.11. The second-order valence-corrected chi connectivity index (χ2v) is 4.56. The Morgan fingerprint density at radius 3 is 2.43 bits per heavy atom. The summed E-state index contributed by atoms with van der Waals surface area (Å²) in [7, 11) is 0. The fraction of sp³-hybridized carbons (Fsp3) is 0.188. The molecule has 2 aromatic carbocycles. The van der Waals surface area contributed by atoms with Crippen LogP contribution in [0.3, 0.4) is 0 Å². The average molecular weight is 292 g/mol. The van der Waals surface area contributed by atoms with Gasteiger partial charge in [-0.3, -0.25) is 0 Å². The lowest BCUT2D eigenvalue weighted by molar-refractivity contribution is -0.154. The zero-order valence-electron chi connectivity index (χ0n) is 11.1. The Morgan fingerprint density at radius 2 is 1.76 bits per heavy atom. The summed E-state index contributed by atoms with van der Waals surface area (Å²) in [5.74, 6) is -2.79. The molecule has 0 aliphatic heterocycles. The molecule has 110 valence electrons. The Hall–Kier alpha value is -2.27. The van der Waals surface area contributed by atoms with Crippen LogP contribution in [0.2, 0.25) is 0 Å². The molecule has 3 nitrogen and oxygen atoms in total. The second-order valence-electron chi connectivity index (χ2n) is 4.56. The lowest BCUT2D eigenvalue weighted by Crippen LogP contribution is -2.25. The normalized spacial score (nSPS) is 12.0. The molecule has 0 saturated heterocycles. The van der Waals surface area contributed by atoms with Crippen molar-refractivity contribution in [3.8, 4) is 0 Å². The van der Waals surface area contributed by atoms with E-state index in [0.717, 1.165) is 17.7 Å². The fourth-order valence-electron chi connectivity index (χ4n) is 1.80. The molecule has 1 atom stereocenters. The Morgan fingerprint density at radius 1 is 1.05 bits per heavy atom. The number of rotatable bonds is 5. The first-order valence-corrected chi connectivity index (χ1v) is 6.39. The molecule has 0 aliphatic carbocycles. The number of halogens is 2. The van der Waals surface area contributed by atoms with E-state index in [-0.39, 0.29) is 13.0 Å². The molecule has 2 rings (SSSR count). The first kappa shape index (κ1) is 15.1. The van der Waals surface area contributed by atoms with Gasteiger partial charge in [0, 0.05) is 6.42 Å². The zero-order valence-corrected chi connectivity index (χ0v) is 11.1. The average Bonchev–Trinajstić information content (AvgIpc) is 2.49. The summed E-state index contributed by atoms with van der Waals surface area (Å²) in [6.07, 6.45) is -1.55. The first-order valence-electron chi connectivity index (χ1n) is 6.39. The van der Waals surface area contributed by atoms with Crippen molar-refractivity contribution in [3.05, 3.63) is 71.3 Å². The van der Waals surface area contributed by atoms with Gasteiger partial charge in [-0.15, -0.1) is 0 Å². The van der Waals surface area contributed by atoms with Crippen molar-refractivity contribution >= 4 is 5.97 Å². The SMILES string of the molecule is O=C(OCc1ccccc1)C(O)Cc1ccc(F)c(F)c1. The molecule has 0 radical (unpaired) electrons. The van der Waals surface area contributed by atoms with Gasteiger partial charge in [-0.1, -0.05) is 36.4 Å². The van der Waals surface area contributed by atoms with Crippen LogP contribution in [0.25, 0.3) is 0 Å². The third-order valence-electron chi connectivity index (χ3n) is 2.91. The van der Waals surface area contributed by atoms with Crippen LogP contribution in [0.4, 0.5) is 8.78 Å². The smallest absolute Gasteiger partial charge is 0.335 e. The highest BCUT2D eigenvalue weighted by molar-refractivity contribution is 5.74. The molecule has 1 N–H and O–H groups in total. The van der Waals surface area contributed by atoms with Crippen molar-refractivity contribution in [2.24, 2.45) is 0 Å². The van der Waals surface area contributed by atoms with Crippen LogP contribution in [0, 0.1) is 11.6 Å². The highest BCUT2D eigenvalue weighted by atomic mass is 19.2. The van der Waals surface area contributed by atoms with Crippen molar-refractivity contribution in [1.82, 2.24) is 0 Å². The Bertz CT molecular complexity index is 614. The topological polar surface area (TPSA) is 46.5 Å². The van der Waals surface area contributed by atoms with Crippen molar-refractivity contribution in [3.63, 3.8) is 0 Å². The maximum atomic E-state index is 13.0. The molecule has 0 heterocycles. The Kier molecular flexibility index (Phi) is 5.00. The van der Waals surface area contributed by atoms with Crippen molar-refractivity contribution in [2.45, 2.75) is 19.1 Å². The van der Waals surface area contributed by atoms with E-state index in [1.165, 1.54) is 6.07 Å². The van der Waals surface area contributed by atoms with Crippen LogP contribution in [0.1, 0.15) is 11.1 Å². The summed E-state index contributed by atoms with van der Waals surface area (Å²) in [6.45, 7) is 0.0501. The third kappa shape index (κ3) is 4.36. The van der Waals surface area contributed by atoms with Gasteiger partial charge in [-0.05, 0) is 23.3 Å². The van der Waals surface area contributed by atoms with Crippen molar-refractivity contribution < 1.29 is 23.4 Å². The summed E-state index contributed by atoms with van der Waals surface area (Å²) in [6, 6.07) is 12.2. The van der Waals surface area contributed by atoms with E-state index in [1.54, 1.807) is 24.3 Å². The van der Waals surface area contributed by atoms with E-state index in [0.29, 0.717) is 5.56 Å².